The third-order valence-corrected chi connectivity index (χ3v) is 2.80. The molecule has 2 rings (SSSR count). The molecule has 10 heteroatoms. The molecular formula is C13H11F3N4O3. The Kier molecular flexibility index (Phi) is 4.74. The van der Waals surface area contributed by atoms with Crippen LogP contribution in [0.25, 0.3) is 11.3 Å². The van der Waals surface area contributed by atoms with Crippen LogP contribution in [0.1, 0.15) is 16.1 Å². The molecule has 2 heterocycles. The van der Waals surface area contributed by atoms with Crippen LogP contribution in [0.5, 0.6) is 0 Å². The molecular weight excluding hydrogens is 317 g/mol. The van der Waals surface area contributed by atoms with Gasteiger partial charge < -0.3 is 10.4 Å². The van der Waals surface area contributed by atoms with Gasteiger partial charge in [-0.05, 0) is 18.2 Å². The second-order valence-corrected chi connectivity index (χ2v) is 4.41. The average Bonchev–Trinajstić information content (AvgIpc) is 2.52. The first-order valence-corrected chi connectivity index (χ1v) is 6.35. The molecule has 2 aromatic heterocycles. The van der Waals surface area contributed by atoms with E-state index >= 15 is 0 Å². The molecule has 0 aliphatic heterocycles. The van der Waals surface area contributed by atoms with Gasteiger partial charge in [0.25, 0.3) is 11.5 Å². The van der Waals surface area contributed by atoms with E-state index in [0.717, 1.165) is 24.4 Å². The second kappa shape index (κ2) is 6.57. The number of aromatic amines is 1. The zero-order valence-electron chi connectivity index (χ0n) is 11.5. The molecule has 0 aromatic carbocycles. The van der Waals surface area contributed by atoms with Crippen molar-refractivity contribution in [2.24, 2.45) is 0 Å². The minimum atomic E-state index is -4.56. The number of hydrogen-bond donors (Lipinski definition) is 3. The summed E-state index contributed by atoms with van der Waals surface area (Å²) < 4.78 is 37.4. The van der Waals surface area contributed by atoms with Gasteiger partial charge in [0.2, 0.25) is 0 Å². The number of aliphatic hydroxyl groups excluding tert-OH is 1. The molecule has 0 unspecified atom stereocenters. The van der Waals surface area contributed by atoms with E-state index < -0.39 is 23.3 Å². The van der Waals surface area contributed by atoms with Crippen molar-refractivity contribution in [3.8, 4) is 11.3 Å². The van der Waals surface area contributed by atoms with Gasteiger partial charge in [-0.3, -0.25) is 14.6 Å². The van der Waals surface area contributed by atoms with Gasteiger partial charge in [-0.1, -0.05) is 0 Å². The number of aliphatic hydroxyl groups is 1. The van der Waals surface area contributed by atoms with Crippen LogP contribution in [-0.2, 0) is 6.18 Å². The highest BCUT2D eigenvalue weighted by Gasteiger charge is 2.32. The molecule has 0 bridgehead atoms. The van der Waals surface area contributed by atoms with Crippen molar-refractivity contribution in [1.82, 2.24) is 20.5 Å². The Bertz CT molecular complexity index is 756. The van der Waals surface area contributed by atoms with Gasteiger partial charge in [-0.25, -0.2) is 5.10 Å². The number of H-pyrrole nitrogens is 1. The number of halogens is 3. The minimum Gasteiger partial charge on any atom is -0.395 e. The molecule has 0 saturated carbocycles. The molecule has 0 spiro atoms. The standard InChI is InChI=1S/C13H11F3N4O3/c14-13(15,16)10-2-1-7(6-18-10)9-5-8(12(23)20-19-9)11(22)17-3-4-21/h1-2,5-6,21H,3-4H2,(H,17,22)(H,20,23). The van der Waals surface area contributed by atoms with E-state index in [1.165, 1.54) is 0 Å². The first kappa shape index (κ1) is 16.6. The highest BCUT2D eigenvalue weighted by atomic mass is 19.4. The van der Waals surface area contributed by atoms with Gasteiger partial charge in [0, 0.05) is 18.3 Å². The number of carbonyl (C=O) groups is 1. The Balaban J connectivity index is 2.34. The van der Waals surface area contributed by atoms with Gasteiger partial charge >= 0.3 is 6.18 Å². The maximum absolute atomic E-state index is 12.5. The second-order valence-electron chi connectivity index (χ2n) is 4.41. The number of nitrogens with zero attached hydrogens (tertiary/aromatic N) is 2. The first-order valence-electron chi connectivity index (χ1n) is 6.35. The van der Waals surface area contributed by atoms with Crippen LogP contribution in [0.2, 0.25) is 0 Å². The summed E-state index contributed by atoms with van der Waals surface area (Å²) in [5, 5.41) is 16.7. The van der Waals surface area contributed by atoms with Gasteiger partial charge in [0.1, 0.15) is 11.3 Å². The summed E-state index contributed by atoms with van der Waals surface area (Å²) in [7, 11) is 0. The monoisotopic (exact) mass is 328 g/mol. The van der Waals surface area contributed by atoms with E-state index in [1.807, 2.05) is 0 Å². The van der Waals surface area contributed by atoms with Crippen molar-refractivity contribution in [3.63, 3.8) is 0 Å². The molecule has 1 amide bonds. The van der Waals surface area contributed by atoms with Gasteiger partial charge in [-0.15, -0.1) is 0 Å². The average molecular weight is 328 g/mol. The summed E-state index contributed by atoms with van der Waals surface area (Å²) in [6, 6.07) is 3.04. The fourth-order valence-corrected chi connectivity index (χ4v) is 1.70. The molecule has 0 atom stereocenters. The number of nitrogens with one attached hydrogen (secondary N) is 2. The molecule has 2 aromatic rings. The summed E-state index contributed by atoms with van der Waals surface area (Å²) in [6.45, 7) is -0.345. The number of hydrogen-bond acceptors (Lipinski definition) is 5. The number of rotatable bonds is 4. The number of pyridine rings is 1. The van der Waals surface area contributed by atoms with E-state index in [1.54, 1.807) is 0 Å². The van der Waals surface area contributed by atoms with E-state index in [0.29, 0.717) is 0 Å². The molecule has 122 valence electrons. The molecule has 0 radical (unpaired) electrons. The van der Waals surface area contributed by atoms with Crippen LogP contribution in [0.4, 0.5) is 13.2 Å². The zero-order valence-corrected chi connectivity index (χ0v) is 11.5. The van der Waals surface area contributed by atoms with Gasteiger partial charge in [0.15, 0.2) is 0 Å². The van der Waals surface area contributed by atoms with Crippen LogP contribution < -0.4 is 10.9 Å². The lowest BCUT2D eigenvalue weighted by Gasteiger charge is -2.07. The largest absolute Gasteiger partial charge is 0.433 e. The van der Waals surface area contributed by atoms with Gasteiger partial charge in [-0.2, -0.15) is 18.3 Å². The number of amides is 1. The van der Waals surface area contributed by atoms with Crippen LogP contribution >= 0.6 is 0 Å². The molecule has 0 aliphatic rings. The number of aromatic nitrogens is 3. The summed E-state index contributed by atoms with van der Waals surface area (Å²) in [5.74, 6) is -0.733. The van der Waals surface area contributed by atoms with Crippen molar-refractivity contribution < 1.29 is 23.1 Å². The van der Waals surface area contributed by atoms with Crippen molar-refractivity contribution in [2.45, 2.75) is 6.18 Å². The van der Waals surface area contributed by atoms with E-state index in [9.17, 15) is 22.8 Å². The summed E-state index contributed by atoms with van der Waals surface area (Å²) in [5.41, 5.74) is -1.82. The van der Waals surface area contributed by atoms with Crippen LogP contribution in [0, 0.1) is 0 Å². The molecule has 0 saturated heterocycles. The van der Waals surface area contributed by atoms with Crippen molar-refractivity contribution in [2.75, 3.05) is 13.2 Å². The van der Waals surface area contributed by atoms with E-state index in [4.69, 9.17) is 5.11 Å². The summed E-state index contributed by atoms with van der Waals surface area (Å²) in [6.07, 6.45) is -3.62. The Morgan fingerprint density at radius 2 is 2.09 bits per heavy atom. The van der Waals surface area contributed by atoms with Crippen LogP contribution in [0.3, 0.4) is 0 Å². The number of carbonyl (C=O) groups excluding carboxylic acids is 1. The van der Waals surface area contributed by atoms with Crippen molar-refractivity contribution in [3.05, 3.63) is 46.0 Å². The predicted molar refractivity (Wildman–Crippen MR) is 72.5 cm³/mol. The molecule has 0 aliphatic carbocycles. The van der Waals surface area contributed by atoms with Crippen molar-refractivity contribution >= 4 is 5.91 Å². The lowest BCUT2D eigenvalue weighted by atomic mass is 10.1. The Hall–Kier alpha value is -2.75. The normalized spacial score (nSPS) is 11.3. The predicted octanol–water partition coefficient (Wildman–Crippen LogP) is 0.573. The Labute approximate surface area is 127 Å². The van der Waals surface area contributed by atoms with Gasteiger partial charge in [0.05, 0.1) is 12.3 Å². The summed E-state index contributed by atoms with van der Waals surface area (Å²) >= 11 is 0. The first-order chi connectivity index (χ1) is 10.8. The lowest BCUT2D eigenvalue weighted by molar-refractivity contribution is -0.141. The SMILES string of the molecule is O=C(NCCO)c1cc(-c2ccc(C(F)(F)F)nc2)n[nH]c1=O. The highest BCUT2D eigenvalue weighted by molar-refractivity contribution is 5.94. The number of alkyl halides is 3. The van der Waals surface area contributed by atoms with E-state index in [2.05, 4.69) is 20.5 Å². The Morgan fingerprint density at radius 1 is 1.35 bits per heavy atom. The fourth-order valence-electron chi connectivity index (χ4n) is 1.70. The molecule has 23 heavy (non-hydrogen) atoms. The third kappa shape index (κ3) is 3.92. The minimum absolute atomic E-state index is 0.0439. The Morgan fingerprint density at radius 3 is 2.65 bits per heavy atom. The topological polar surface area (TPSA) is 108 Å². The maximum atomic E-state index is 12.5. The fraction of sp³-hybridized carbons (Fsp3) is 0.231. The lowest BCUT2D eigenvalue weighted by Crippen LogP contribution is -2.31. The third-order valence-electron chi connectivity index (χ3n) is 2.80. The molecule has 7 nitrogen and oxygen atoms in total. The van der Waals surface area contributed by atoms with Crippen LogP contribution in [0.15, 0.2) is 29.2 Å². The zero-order chi connectivity index (χ0) is 17.0. The quantitative estimate of drug-likeness (QED) is 0.760. The molecule has 3 N–H and O–H groups in total. The highest BCUT2D eigenvalue weighted by Crippen LogP contribution is 2.28. The summed E-state index contributed by atoms with van der Waals surface area (Å²) in [4.78, 5) is 26.6. The van der Waals surface area contributed by atoms with E-state index in [-0.39, 0.29) is 30.0 Å². The maximum Gasteiger partial charge on any atom is 0.433 e. The van der Waals surface area contributed by atoms with Crippen molar-refractivity contribution in [1.29, 1.82) is 0 Å². The molecule has 0 fully saturated rings. The smallest absolute Gasteiger partial charge is 0.395 e. The van der Waals surface area contributed by atoms with Crippen LogP contribution in [-0.4, -0.2) is 39.3 Å².